The molecule has 1 N–H and O–H groups in total. The van der Waals surface area contributed by atoms with E-state index in [0.717, 1.165) is 23.8 Å². The Kier molecular flexibility index (Phi) is 4.74. The lowest BCUT2D eigenvalue weighted by Gasteiger charge is -2.53. The lowest BCUT2D eigenvalue weighted by atomic mass is 9.77. The number of likely N-dealkylation sites (tertiary alicyclic amines) is 1. The van der Waals surface area contributed by atoms with Crippen LogP contribution in [-0.4, -0.2) is 40.1 Å². The second-order valence-corrected chi connectivity index (χ2v) is 9.40. The highest BCUT2D eigenvalue weighted by atomic mass is 16.5. The second kappa shape index (κ2) is 6.99. The van der Waals surface area contributed by atoms with Crippen molar-refractivity contribution < 1.29 is 9.32 Å². The van der Waals surface area contributed by atoms with Gasteiger partial charge in [-0.1, -0.05) is 41.6 Å². The highest BCUT2D eigenvalue weighted by molar-refractivity contribution is 5.94. The van der Waals surface area contributed by atoms with Crippen molar-refractivity contribution in [1.29, 1.82) is 0 Å². The quantitative estimate of drug-likeness (QED) is 0.692. The number of carbonyl (C=O) groups excluding carboxylic acids is 1. The number of carbonyl (C=O) groups is 1. The van der Waals surface area contributed by atoms with E-state index in [1.54, 1.807) is 6.07 Å². The van der Waals surface area contributed by atoms with Crippen LogP contribution in [0.4, 0.5) is 0 Å². The number of hydrogen-bond acceptors (Lipinski definition) is 4. The zero-order chi connectivity index (χ0) is 20.8. The molecule has 0 atom stereocenters. The molecule has 2 aromatic carbocycles. The van der Waals surface area contributed by atoms with Crippen LogP contribution in [0.5, 0.6) is 0 Å². The van der Waals surface area contributed by atoms with Gasteiger partial charge in [-0.2, -0.15) is 0 Å². The first-order valence-electron chi connectivity index (χ1n) is 10.2. The molecular weight excluding hydrogens is 362 g/mol. The number of fused-ring (bicyclic) bond motifs is 1. The Morgan fingerprint density at radius 3 is 2.38 bits per heavy atom. The van der Waals surface area contributed by atoms with Crippen molar-refractivity contribution >= 4 is 16.7 Å². The minimum atomic E-state index is -0.179. The molecule has 2 heterocycles. The van der Waals surface area contributed by atoms with Crippen molar-refractivity contribution in [3.05, 3.63) is 54.2 Å². The average Bonchev–Trinajstić information content (AvgIpc) is 3.15. The SMILES string of the molecule is CN1C(C)(C)CC(NC(=O)c2cc(-c3ccc4ccccc4c3)on2)CC1(C)C. The second-order valence-electron chi connectivity index (χ2n) is 9.40. The van der Waals surface area contributed by atoms with E-state index in [9.17, 15) is 4.79 Å². The van der Waals surface area contributed by atoms with Crippen LogP contribution >= 0.6 is 0 Å². The van der Waals surface area contributed by atoms with E-state index >= 15 is 0 Å². The van der Waals surface area contributed by atoms with E-state index in [1.807, 2.05) is 18.2 Å². The van der Waals surface area contributed by atoms with Gasteiger partial charge >= 0.3 is 0 Å². The molecule has 5 heteroatoms. The van der Waals surface area contributed by atoms with E-state index < -0.39 is 0 Å². The minimum Gasteiger partial charge on any atom is -0.355 e. The predicted molar refractivity (Wildman–Crippen MR) is 116 cm³/mol. The number of nitrogens with one attached hydrogen (secondary N) is 1. The van der Waals surface area contributed by atoms with Gasteiger partial charge in [-0.05, 0) is 64.4 Å². The van der Waals surface area contributed by atoms with E-state index in [0.29, 0.717) is 11.5 Å². The molecule has 1 aromatic heterocycles. The summed E-state index contributed by atoms with van der Waals surface area (Å²) in [7, 11) is 2.16. The highest BCUT2D eigenvalue weighted by Gasteiger charge is 2.43. The van der Waals surface area contributed by atoms with Crippen LogP contribution < -0.4 is 5.32 Å². The summed E-state index contributed by atoms with van der Waals surface area (Å²) in [5.41, 5.74) is 1.26. The Morgan fingerprint density at radius 1 is 1.03 bits per heavy atom. The highest BCUT2D eigenvalue weighted by Crippen LogP contribution is 2.37. The van der Waals surface area contributed by atoms with Crippen LogP contribution in [-0.2, 0) is 0 Å². The zero-order valence-electron chi connectivity index (χ0n) is 17.8. The number of hydrogen-bond donors (Lipinski definition) is 1. The van der Waals surface area contributed by atoms with E-state index in [-0.39, 0.29) is 23.0 Å². The number of rotatable bonds is 3. The van der Waals surface area contributed by atoms with Gasteiger partial charge in [-0.3, -0.25) is 9.69 Å². The van der Waals surface area contributed by atoms with Gasteiger partial charge in [0.15, 0.2) is 11.5 Å². The first-order chi connectivity index (χ1) is 13.7. The molecule has 1 aliphatic heterocycles. The van der Waals surface area contributed by atoms with Crippen molar-refractivity contribution in [1.82, 2.24) is 15.4 Å². The fourth-order valence-corrected chi connectivity index (χ4v) is 4.59. The van der Waals surface area contributed by atoms with Crippen LogP contribution in [0.3, 0.4) is 0 Å². The predicted octanol–water partition coefficient (Wildman–Crippen LogP) is 4.88. The lowest BCUT2D eigenvalue weighted by Crippen LogP contribution is -2.62. The lowest BCUT2D eigenvalue weighted by molar-refractivity contribution is -0.0169. The summed E-state index contributed by atoms with van der Waals surface area (Å²) >= 11 is 0. The molecular formula is C24H29N3O2. The first kappa shape index (κ1) is 19.6. The molecule has 0 aliphatic carbocycles. The molecule has 152 valence electrons. The van der Waals surface area contributed by atoms with Crippen molar-refractivity contribution in [2.24, 2.45) is 0 Å². The maximum absolute atomic E-state index is 12.8. The molecule has 3 aromatic rings. The molecule has 4 rings (SSSR count). The minimum absolute atomic E-state index is 0.0137. The Bertz CT molecular complexity index is 1030. The molecule has 1 aliphatic rings. The Hall–Kier alpha value is -2.66. The summed E-state index contributed by atoms with van der Waals surface area (Å²) in [6.07, 6.45) is 1.79. The molecule has 0 saturated carbocycles. The number of nitrogens with zero attached hydrogens (tertiary/aromatic N) is 2. The van der Waals surface area contributed by atoms with Gasteiger partial charge in [0, 0.05) is 28.7 Å². The number of aromatic nitrogens is 1. The Balaban J connectivity index is 1.51. The molecule has 0 unspecified atom stereocenters. The summed E-state index contributed by atoms with van der Waals surface area (Å²) in [5.74, 6) is 0.423. The number of piperidine rings is 1. The van der Waals surface area contributed by atoms with E-state index in [2.05, 4.69) is 74.4 Å². The normalized spacial score (nSPS) is 19.3. The van der Waals surface area contributed by atoms with Crippen LogP contribution in [0.2, 0.25) is 0 Å². The van der Waals surface area contributed by atoms with Crippen LogP contribution in [0.15, 0.2) is 53.1 Å². The van der Waals surface area contributed by atoms with Gasteiger partial charge in [-0.25, -0.2) is 0 Å². The van der Waals surface area contributed by atoms with Gasteiger partial charge in [-0.15, -0.1) is 0 Å². The molecule has 0 spiro atoms. The van der Waals surface area contributed by atoms with E-state index in [4.69, 9.17) is 4.52 Å². The maximum atomic E-state index is 12.8. The number of benzene rings is 2. The third-order valence-corrected chi connectivity index (χ3v) is 6.42. The third kappa shape index (κ3) is 3.79. The van der Waals surface area contributed by atoms with Crippen molar-refractivity contribution in [3.63, 3.8) is 0 Å². The molecule has 1 fully saturated rings. The molecule has 29 heavy (non-hydrogen) atoms. The van der Waals surface area contributed by atoms with Crippen LogP contribution in [0.1, 0.15) is 51.0 Å². The van der Waals surface area contributed by atoms with Crippen LogP contribution in [0.25, 0.3) is 22.1 Å². The molecule has 1 saturated heterocycles. The first-order valence-corrected chi connectivity index (χ1v) is 10.2. The fourth-order valence-electron chi connectivity index (χ4n) is 4.59. The van der Waals surface area contributed by atoms with E-state index in [1.165, 1.54) is 5.39 Å². The summed E-state index contributed by atoms with van der Waals surface area (Å²) in [6.45, 7) is 8.89. The monoisotopic (exact) mass is 391 g/mol. The molecule has 5 nitrogen and oxygen atoms in total. The summed E-state index contributed by atoms with van der Waals surface area (Å²) in [6, 6.07) is 16.1. The van der Waals surface area contributed by atoms with Crippen molar-refractivity contribution in [2.75, 3.05) is 7.05 Å². The van der Waals surface area contributed by atoms with Gasteiger partial charge < -0.3 is 9.84 Å². The van der Waals surface area contributed by atoms with Crippen molar-refractivity contribution in [3.8, 4) is 11.3 Å². The van der Waals surface area contributed by atoms with Gasteiger partial charge in [0.1, 0.15) is 0 Å². The third-order valence-electron chi connectivity index (χ3n) is 6.42. The Labute approximate surface area is 172 Å². The van der Waals surface area contributed by atoms with Gasteiger partial charge in [0.2, 0.25) is 0 Å². The zero-order valence-corrected chi connectivity index (χ0v) is 17.8. The molecule has 0 bridgehead atoms. The largest absolute Gasteiger partial charge is 0.355 e. The summed E-state index contributed by atoms with van der Waals surface area (Å²) < 4.78 is 5.49. The van der Waals surface area contributed by atoms with Gasteiger partial charge in [0.05, 0.1) is 0 Å². The van der Waals surface area contributed by atoms with Crippen LogP contribution in [0, 0.1) is 0 Å². The average molecular weight is 392 g/mol. The fraction of sp³-hybridized carbons (Fsp3) is 0.417. The standard InChI is InChI=1S/C24H29N3O2/c1-23(2)14-19(15-24(3,4)27(23)5)25-22(28)20-13-21(29-26-20)18-11-10-16-8-6-7-9-17(16)12-18/h6-13,19H,14-15H2,1-5H3,(H,25,28). The molecule has 0 radical (unpaired) electrons. The van der Waals surface area contributed by atoms with Crippen molar-refractivity contribution in [2.45, 2.75) is 57.7 Å². The summed E-state index contributed by atoms with van der Waals surface area (Å²) in [5, 5.41) is 9.50. The smallest absolute Gasteiger partial charge is 0.273 e. The number of amides is 1. The topological polar surface area (TPSA) is 58.4 Å². The molecule has 1 amide bonds. The maximum Gasteiger partial charge on any atom is 0.273 e. The summed E-state index contributed by atoms with van der Waals surface area (Å²) in [4.78, 5) is 15.2. The van der Waals surface area contributed by atoms with Gasteiger partial charge in [0.25, 0.3) is 5.91 Å². The Morgan fingerprint density at radius 2 is 1.69 bits per heavy atom.